The van der Waals surface area contributed by atoms with Gasteiger partial charge in [0.2, 0.25) is 0 Å². The first-order valence-corrected chi connectivity index (χ1v) is 33.9. The number of esters is 1. The molecule has 522 valence electrons. The van der Waals surface area contributed by atoms with Crippen LogP contribution in [0.4, 0.5) is 5.69 Å². The van der Waals surface area contributed by atoms with Crippen molar-refractivity contribution >= 4 is 69.2 Å². The maximum atomic E-state index is 14.6. The van der Waals surface area contributed by atoms with Gasteiger partial charge in [-0.1, -0.05) is 50.6 Å². The van der Waals surface area contributed by atoms with Crippen molar-refractivity contribution in [3.63, 3.8) is 0 Å². The summed E-state index contributed by atoms with van der Waals surface area (Å²) < 4.78 is 52.8. The van der Waals surface area contributed by atoms with Gasteiger partial charge in [-0.3, -0.25) is 19.1 Å². The molecule has 5 N–H and O–H groups in total. The lowest BCUT2D eigenvalue weighted by Crippen LogP contribution is -2.49. The van der Waals surface area contributed by atoms with Crippen LogP contribution in [0.2, 0.25) is 5.02 Å². The van der Waals surface area contributed by atoms with E-state index in [2.05, 4.69) is 49.9 Å². The van der Waals surface area contributed by atoms with Gasteiger partial charge in [-0.2, -0.15) is 0 Å². The highest BCUT2D eigenvalue weighted by Crippen LogP contribution is 2.47. The van der Waals surface area contributed by atoms with Crippen LogP contribution in [0.1, 0.15) is 159 Å². The first-order chi connectivity index (χ1) is 46.1. The van der Waals surface area contributed by atoms with Gasteiger partial charge in [0, 0.05) is 132 Å². The molecule has 7 heterocycles. The third-order valence-corrected chi connectivity index (χ3v) is 20.2. The van der Waals surface area contributed by atoms with Gasteiger partial charge in [0.25, 0.3) is 11.8 Å². The Morgan fingerprint density at radius 2 is 1.35 bits per heavy atom. The average molecular weight is 1380 g/mol. The number of fused-ring (bicyclic) bond motifs is 4. The van der Waals surface area contributed by atoms with Gasteiger partial charge in [-0.25, -0.2) is 23.4 Å². The van der Waals surface area contributed by atoms with E-state index in [9.17, 15) is 37.8 Å². The highest BCUT2D eigenvalue weighted by molar-refractivity contribution is 7.92. The number of nitrogens with zero attached hydrogens (tertiary/aromatic N) is 7. The fraction of sp³-hybridized carbons (Fsp3) is 0.423. The first kappa shape index (κ1) is 75.4. The lowest BCUT2D eigenvalue weighted by molar-refractivity contribution is 0.0131. The van der Waals surface area contributed by atoms with E-state index in [-0.39, 0.29) is 46.9 Å². The lowest BCUT2D eigenvalue weighted by Gasteiger charge is -2.46. The number of hydrogen-bond donors (Lipinski definition) is 5. The summed E-state index contributed by atoms with van der Waals surface area (Å²) in [6.07, 6.45) is 20.2. The molecular weight excluding hydrogens is 1290 g/mol. The van der Waals surface area contributed by atoms with E-state index in [4.69, 9.17) is 46.2 Å². The summed E-state index contributed by atoms with van der Waals surface area (Å²) >= 11 is 6.46. The van der Waals surface area contributed by atoms with Crippen molar-refractivity contribution in [2.75, 3.05) is 51.7 Å². The molecule has 2 bridgehead atoms. The molecule has 4 aliphatic rings. The number of carbonyl (C=O) groups is 7. The maximum Gasteiger partial charge on any atom is 0.339 e. The largest absolute Gasteiger partial charge is 0.490 e. The Morgan fingerprint density at radius 1 is 0.763 bits per heavy atom. The van der Waals surface area contributed by atoms with Crippen molar-refractivity contribution in [2.45, 2.75) is 96.9 Å². The molecular formula is C71H89ClN8O16S. The maximum absolute atomic E-state index is 14.6. The third kappa shape index (κ3) is 19.0. The van der Waals surface area contributed by atoms with Gasteiger partial charge in [0.05, 0.1) is 78.0 Å². The molecule has 1 saturated carbocycles. The van der Waals surface area contributed by atoms with Crippen LogP contribution in [-0.4, -0.2) is 142 Å². The number of halogens is 1. The number of hydrogen-bond acceptors (Lipinski definition) is 14. The number of ether oxygens (including phenoxy) is 4. The zero-order valence-electron chi connectivity index (χ0n) is 56.8. The predicted octanol–water partition coefficient (Wildman–Crippen LogP) is 10.3. The fourth-order valence-electron chi connectivity index (χ4n) is 12.6. The van der Waals surface area contributed by atoms with Crippen LogP contribution in [0.25, 0.3) is 0 Å². The summed E-state index contributed by atoms with van der Waals surface area (Å²) in [6, 6.07) is 19.6. The number of aryl methyl sites for hydroxylation is 8. The molecule has 0 radical (unpaired) electrons. The van der Waals surface area contributed by atoms with E-state index in [1.54, 1.807) is 74.2 Å². The van der Waals surface area contributed by atoms with Crippen molar-refractivity contribution in [1.29, 1.82) is 0 Å². The number of nitrogens with one attached hydrogen (secondary N) is 1. The molecule has 7 aromatic rings. The lowest BCUT2D eigenvalue weighted by atomic mass is 9.68. The van der Waals surface area contributed by atoms with Gasteiger partial charge in [0.1, 0.15) is 15.7 Å². The number of aldehydes is 1. The van der Waals surface area contributed by atoms with Crippen LogP contribution in [-0.2, 0) is 97.3 Å². The zero-order chi connectivity index (χ0) is 71.1. The fourth-order valence-corrected chi connectivity index (χ4v) is 14.7. The second-order valence-electron chi connectivity index (χ2n) is 24.8. The van der Waals surface area contributed by atoms with Crippen LogP contribution in [0.15, 0.2) is 114 Å². The number of aliphatic hydroxyl groups is 1. The number of carboxylic acids is 3. The predicted molar refractivity (Wildman–Crippen MR) is 367 cm³/mol. The molecule has 6 atom stereocenters. The monoisotopic (exact) mass is 1380 g/mol. The van der Waals surface area contributed by atoms with Gasteiger partial charge in [0.15, 0.2) is 6.29 Å². The van der Waals surface area contributed by atoms with Crippen molar-refractivity contribution in [2.24, 2.45) is 57.4 Å². The van der Waals surface area contributed by atoms with E-state index < -0.39 is 39.6 Å². The summed E-state index contributed by atoms with van der Waals surface area (Å²) in [7, 11) is 10.1. The smallest absolute Gasteiger partial charge is 0.339 e. The van der Waals surface area contributed by atoms with Crippen molar-refractivity contribution < 1.29 is 77.1 Å². The number of methoxy groups -OCH3 is 3. The molecule has 2 aromatic carbocycles. The van der Waals surface area contributed by atoms with Crippen molar-refractivity contribution in [1.82, 2.24) is 27.6 Å². The van der Waals surface area contributed by atoms with Crippen LogP contribution in [0.3, 0.4) is 0 Å². The molecule has 2 amide bonds. The standard InChI is InChI=1S/C40H49ClN4O6S.C9H13NO2.C8H11NO2.C7H9NO3.C7H7NO3/c1-26-7-5-9-36(50-4)33-13-10-29(33)21-45-24-40(16-6-8-27-17-31(41)12-14-34(27)40)25-51-37-15-11-28(19-35(37)45)38(46)42-52(48,23-26)43-39(47)30-18-32(22-49-3)44(2)20-30;1-4-8-5-7(6-10(8)2)9(11)12-3;1-3-7-4-6(8(10)11)5-9(7)2;2*1-8-3-5(7(10)11)2-6(8)4-9/h5,9,11-12,14-15,17-20,26,29,33,36H,6-8,10,13,16,21-25H2,1-4H3,(H,42,43,46,47,48);5-6H,4H2,1-3H3;4-5H,3H2,1-2H3,(H,10,11);2-3,9H,4H2,1H3,(H,10,11);2-4H,1H3,(H,10,11)/b9-5+;;;;/t26-,29-,33+,36-,40-,52?;;;;/m0..../s1. The van der Waals surface area contributed by atoms with Gasteiger partial charge < -0.3 is 67.1 Å². The topological polar surface area (TPSA) is 307 Å². The molecule has 26 heteroatoms. The molecule has 0 saturated heterocycles. The molecule has 11 rings (SSSR count). The Hall–Kier alpha value is -9.01. The molecule has 1 spiro atoms. The normalized spacial score (nSPS) is 20.4. The number of anilines is 1. The number of benzene rings is 2. The van der Waals surface area contributed by atoms with E-state index in [1.807, 2.05) is 68.4 Å². The highest BCUT2D eigenvalue weighted by Gasteiger charge is 2.44. The number of carboxylic acid groups (broad SMARTS) is 3. The molecule has 2 aliphatic carbocycles. The Morgan fingerprint density at radius 3 is 1.89 bits per heavy atom. The van der Waals surface area contributed by atoms with Crippen molar-refractivity contribution in [3.05, 3.63) is 188 Å². The Bertz CT molecular complexity index is 4090. The van der Waals surface area contributed by atoms with Crippen LogP contribution in [0.5, 0.6) is 5.75 Å². The van der Waals surface area contributed by atoms with Crippen LogP contribution < -0.4 is 14.4 Å². The van der Waals surface area contributed by atoms with E-state index in [0.717, 1.165) is 79.3 Å². The second-order valence-corrected chi connectivity index (χ2v) is 27.2. The van der Waals surface area contributed by atoms with Crippen LogP contribution in [0, 0.1) is 17.8 Å². The molecule has 5 aromatic heterocycles. The number of rotatable bonds is 13. The minimum atomic E-state index is -3.54. The highest BCUT2D eigenvalue weighted by atomic mass is 35.5. The Balaban J connectivity index is 0.000000234. The number of aromatic nitrogens is 5. The summed E-state index contributed by atoms with van der Waals surface area (Å²) in [6.45, 7) is 8.19. The minimum absolute atomic E-state index is 0.00239. The molecule has 97 heavy (non-hydrogen) atoms. The third-order valence-electron chi connectivity index (χ3n) is 18.0. The Labute approximate surface area is 570 Å². The summed E-state index contributed by atoms with van der Waals surface area (Å²) in [5.74, 6) is -3.06. The first-order valence-electron chi connectivity index (χ1n) is 31.8. The van der Waals surface area contributed by atoms with Crippen molar-refractivity contribution in [3.8, 4) is 5.75 Å². The second kappa shape index (κ2) is 33.8. The Kier molecular flexibility index (Phi) is 26.2. The number of carbonyl (C=O) groups excluding carboxylic acids is 4. The van der Waals surface area contributed by atoms with E-state index in [0.29, 0.717) is 83.7 Å². The summed E-state index contributed by atoms with van der Waals surface area (Å²) in [4.78, 5) is 82.5. The number of aromatic carboxylic acids is 3. The zero-order valence-corrected chi connectivity index (χ0v) is 58.4. The minimum Gasteiger partial charge on any atom is -0.490 e. The summed E-state index contributed by atoms with van der Waals surface area (Å²) in [5, 5.41) is 35.1. The van der Waals surface area contributed by atoms with Gasteiger partial charge in [-0.05, 0) is 141 Å². The molecule has 24 nitrogen and oxygen atoms in total. The number of allylic oxidation sites excluding steroid dienone is 1. The molecule has 1 fully saturated rings. The number of amides is 2. The van der Waals surface area contributed by atoms with Crippen LogP contribution >= 0.6 is 11.6 Å². The summed E-state index contributed by atoms with van der Waals surface area (Å²) in [5.41, 5.74) is 8.96. The average Bonchev–Trinajstić information content (AvgIpc) is 1.74. The molecule has 1 unspecified atom stereocenters. The quantitative estimate of drug-likeness (QED) is 0.0407. The van der Waals surface area contributed by atoms with E-state index >= 15 is 0 Å². The number of aliphatic hydroxyl groups excluding tert-OH is 1. The van der Waals surface area contributed by atoms with Gasteiger partial charge >= 0.3 is 23.9 Å². The SMILES string of the molecule is CCc1cc(C(=O)O)cn1C.CCc1cc(C(=O)OC)cn1C.COCc1cc(C(=O)NS2(=O)=NC(=O)c3ccc4c(c3)N(C[C@@H]3CC[C@H]3[C@@H](OC)/C=C/C[C@H](C)C2)C[C@@]2(CCCc3cc(Cl)ccc32)CO4)cn1C.Cn1cc(C(=O)O)cc1C=O.Cn1cc(C(=O)O)cc1CO. The van der Waals surface area contributed by atoms with E-state index in [1.165, 1.54) is 47.3 Å². The molecule has 2 aliphatic heterocycles. The van der Waals surface area contributed by atoms with Gasteiger partial charge in [-0.15, -0.1) is 4.36 Å².